The van der Waals surface area contributed by atoms with Gasteiger partial charge in [0.2, 0.25) is 0 Å². The van der Waals surface area contributed by atoms with E-state index in [1.807, 2.05) is 24.3 Å². The van der Waals surface area contributed by atoms with Gasteiger partial charge in [-0.1, -0.05) is 36.4 Å². The third kappa shape index (κ3) is 2.83. The minimum Gasteiger partial charge on any atom is -0.427 e. The van der Waals surface area contributed by atoms with Gasteiger partial charge in [0.05, 0.1) is 0 Å². The maximum absolute atomic E-state index is 10.9. The zero-order valence-corrected chi connectivity index (χ0v) is 9.92. The summed E-state index contributed by atoms with van der Waals surface area (Å²) in [5.41, 5.74) is 2.54. The fraction of sp³-hybridized carbons (Fsp3) is 0.0667. The van der Waals surface area contributed by atoms with Crippen LogP contribution in [0.2, 0.25) is 0 Å². The van der Waals surface area contributed by atoms with E-state index in [1.54, 1.807) is 24.3 Å². The maximum Gasteiger partial charge on any atom is 0.308 e. The Morgan fingerprint density at radius 2 is 1.78 bits per heavy atom. The molecule has 0 amide bonds. The Kier molecular flexibility index (Phi) is 3.53. The molecule has 90 valence electrons. The molecule has 0 heterocycles. The fourth-order valence-electron chi connectivity index (χ4n) is 1.66. The van der Waals surface area contributed by atoms with Crippen molar-refractivity contribution in [2.75, 3.05) is 0 Å². The Bertz CT molecular complexity index is 571. The quantitative estimate of drug-likeness (QED) is 0.470. The molecule has 0 aliphatic carbocycles. The Hall–Kier alpha value is -2.42. The molecule has 2 aromatic rings. The van der Waals surface area contributed by atoms with Crippen LogP contribution in [0.25, 0.3) is 11.1 Å². The summed E-state index contributed by atoms with van der Waals surface area (Å²) < 4.78 is 5.03. The van der Waals surface area contributed by atoms with Crippen LogP contribution < -0.4 is 4.74 Å². The predicted molar refractivity (Wildman–Crippen MR) is 68.6 cm³/mol. The van der Waals surface area contributed by atoms with Crippen LogP contribution in [0.3, 0.4) is 0 Å². The van der Waals surface area contributed by atoms with Gasteiger partial charge in [-0.25, -0.2) is 0 Å². The second kappa shape index (κ2) is 5.27. The number of carbonyl (C=O) groups excluding carboxylic acids is 2. The third-order valence-corrected chi connectivity index (χ3v) is 2.48. The molecule has 0 saturated carbocycles. The summed E-state index contributed by atoms with van der Waals surface area (Å²) in [6.07, 6.45) is 0.805. The minimum absolute atomic E-state index is 0.344. The van der Waals surface area contributed by atoms with Crippen molar-refractivity contribution in [3.8, 4) is 16.9 Å². The molecule has 3 nitrogen and oxygen atoms in total. The molecule has 0 aliphatic rings. The van der Waals surface area contributed by atoms with Crippen molar-refractivity contribution in [1.29, 1.82) is 0 Å². The SMILES string of the molecule is CC(=O)Oc1cccc(-c2ccc(C=O)cc2)c1. The number of hydrogen-bond acceptors (Lipinski definition) is 3. The molecule has 18 heavy (non-hydrogen) atoms. The van der Waals surface area contributed by atoms with E-state index in [0.29, 0.717) is 11.3 Å². The number of carbonyl (C=O) groups is 2. The lowest BCUT2D eigenvalue weighted by atomic mass is 10.0. The van der Waals surface area contributed by atoms with E-state index in [1.165, 1.54) is 6.92 Å². The molecular weight excluding hydrogens is 228 g/mol. The fourth-order valence-corrected chi connectivity index (χ4v) is 1.66. The number of esters is 1. The first-order valence-corrected chi connectivity index (χ1v) is 5.53. The highest BCUT2D eigenvalue weighted by Crippen LogP contribution is 2.24. The normalized spacial score (nSPS) is 9.83. The number of rotatable bonds is 3. The zero-order valence-electron chi connectivity index (χ0n) is 9.92. The summed E-state index contributed by atoms with van der Waals surface area (Å²) in [7, 11) is 0. The average molecular weight is 240 g/mol. The molecule has 0 N–H and O–H groups in total. The first-order valence-electron chi connectivity index (χ1n) is 5.53. The summed E-state index contributed by atoms with van der Waals surface area (Å²) in [5, 5.41) is 0. The Labute approximate surface area is 105 Å². The number of benzene rings is 2. The lowest BCUT2D eigenvalue weighted by Gasteiger charge is -2.05. The van der Waals surface area contributed by atoms with Gasteiger partial charge in [0.1, 0.15) is 12.0 Å². The molecule has 0 saturated heterocycles. The van der Waals surface area contributed by atoms with E-state index in [-0.39, 0.29) is 5.97 Å². The third-order valence-electron chi connectivity index (χ3n) is 2.48. The molecule has 0 radical (unpaired) electrons. The highest BCUT2D eigenvalue weighted by molar-refractivity contribution is 5.77. The molecule has 0 aliphatic heterocycles. The van der Waals surface area contributed by atoms with Crippen molar-refractivity contribution in [1.82, 2.24) is 0 Å². The molecule has 0 aromatic heterocycles. The van der Waals surface area contributed by atoms with Gasteiger partial charge in [0.15, 0.2) is 0 Å². The van der Waals surface area contributed by atoms with Crippen molar-refractivity contribution in [2.45, 2.75) is 6.92 Å². The lowest BCUT2D eigenvalue weighted by Crippen LogP contribution is -2.01. The first kappa shape index (κ1) is 12.0. The smallest absolute Gasteiger partial charge is 0.308 e. The summed E-state index contributed by atoms with van der Waals surface area (Å²) in [4.78, 5) is 21.5. The van der Waals surface area contributed by atoms with Gasteiger partial charge in [-0.15, -0.1) is 0 Å². The Morgan fingerprint density at radius 1 is 1.06 bits per heavy atom. The first-order chi connectivity index (χ1) is 8.69. The van der Waals surface area contributed by atoms with Gasteiger partial charge in [0.25, 0.3) is 0 Å². The molecule has 0 unspecified atom stereocenters. The van der Waals surface area contributed by atoms with Crippen LogP contribution >= 0.6 is 0 Å². The maximum atomic E-state index is 10.9. The van der Waals surface area contributed by atoms with Crippen molar-refractivity contribution >= 4 is 12.3 Å². The van der Waals surface area contributed by atoms with Crippen LogP contribution in [0.5, 0.6) is 5.75 Å². The second-order valence-corrected chi connectivity index (χ2v) is 3.86. The zero-order chi connectivity index (χ0) is 13.0. The van der Waals surface area contributed by atoms with Crippen molar-refractivity contribution in [2.24, 2.45) is 0 Å². The molecule has 0 atom stereocenters. The number of ether oxygens (including phenoxy) is 1. The predicted octanol–water partition coefficient (Wildman–Crippen LogP) is 3.09. The monoisotopic (exact) mass is 240 g/mol. The van der Waals surface area contributed by atoms with Gasteiger partial charge in [0, 0.05) is 12.5 Å². The van der Waals surface area contributed by atoms with Gasteiger partial charge in [-0.05, 0) is 23.3 Å². The number of hydrogen-bond donors (Lipinski definition) is 0. The van der Waals surface area contributed by atoms with Gasteiger partial charge in [-0.3, -0.25) is 9.59 Å². The molecule has 3 heteroatoms. The standard InChI is InChI=1S/C15H12O3/c1-11(17)18-15-4-2-3-14(9-15)13-7-5-12(10-16)6-8-13/h2-10H,1H3. The molecule has 2 aromatic carbocycles. The lowest BCUT2D eigenvalue weighted by molar-refractivity contribution is -0.131. The van der Waals surface area contributed by atoms with E-state index >= 15 is 0 Å². The molecule has 0 bridgehead atoms. The Morgan fingerprint density at radius 3 is 2.39 bits per heavy atom. The van der Waals surface area contributed by atoms with Gasteiger partial charge < -0.3 is 4.74 Å². The molecular formula is C15H12O3. The van der Waals surface area contributed by atoms with Crippen LogP contribution in [0.4, 0.5) is 0 Å². The van der Waals surface area contributed by atoms with Gasteiger partial charge in [-0.2, -0.15) is 0 Å². The summed E-state index contributed by atoms with van der Waals surface area (Å²) in [6.45, 7) is 1.37. The van der Waals surface area contributed by atoms with Gasteiger partial charge >= 0.3 is 5.97 Å². The largest absolute Gasteiger partial charge is 0.427 e. The van der Waals surface area contributed by atoms with Crippen LogP contribution in [-0.4, -0.2) is 12.3 Å². The summed E-state index contributed by atoms with van der Waals surface area (Å²) in [5.74, 6) is 0.169. The van der Waals surface area contributed by atoms with E-state index in [4.69, 9.17) is 4.74 Å². The number of aldehydes is 1. The Balaban J connectivity index is 2.31. The highest BCUT2D eigenvalue weighted by atomic mass is 16.5. The van der Waals surface area contributed by atoms with E-state index in [9.17, 15) is 9.59 Å². The van der Waals surface area contributed by atoms with Crippen LogP contribution in [0.15, 0.2) is 48.5 Å². The second-order valence-electron chi connectivity index (χ2n) is 3.86. The van der Waals surface area contributed by atoms with Crippen molar-refractivity contribution in [3.63, 3.8) is 0 Å². The average Bonchev–Trinajstić information content (AvgIpc) is 2.38. The molecule has 2 rings (SSSR count). The van der Waals surface area contributed by atoms with E-state index in [0.717, 1.165) is 17.4 Å². The topological polar surface area (TPSA) is 43.4 Å². The van der Waals surface area contributed by atoms with Crippen molar-refractivity contribution in [3.05, 3.63) is 54.1 Å². The van der Waals surface area contributed by atoms with Crippen LogP contribution in [-0.2, 0) is 4.79 Å². The van der Waals surface area contributed by atoms with E-state index < -0.39 is 0 Å². The minimum atomic E-state index is -0.344. The van der Waals surface area contributed by atoms with Crippen molar-refractivity contribution < 1.29 is 14.3 Å². The summed E-state index contributed by atoms with van der Waals surface area (Å²) in [6, 6.07) is 14.5. The summed E-state index contributed by atoms with van der Waals surface area (Å²) >= 11 is 0. The van der Waals surface area contributed by atoms with Crippen LogP contribution in [0.1, 0.15) is 17.3 Å². The van der Waals surface area contributed by atoms with Crippen LogP contribution in [0, 0.1) is 0 Å². The molecule has 0 spiro atoms. The highest BCUT2D eigenvalue weighted by Gasteiger charge is 2.02. The van der Waals surface area contributed by atoms with E-state index in [2.05, 4.69) is 0 Å². The molecule has 0 fully saturated rings.